The van der Waals surface area contributed by atoms with Crippen LogP contribution in [0.5, 0.6) is 5.75 Å². The van der Waals surface area contributed by atoms with E-state index in [0.29, 0.717) is 28.3 Å². The van der Waals surface area contributed by atoms with Crippen molar-refractivity contribution in [2.75, 3.05) is 18.2 Å². The molecule has 20 heavy (non-hydrogen) atoms. The summed E-state index contributed by atoms with van der Waals surface area (Å²) in [6.45, 7) is 6.05. The van der Waals surface area contributed by atoms with Crippen LogP contribution < -0.4 is 15.8 Å². The van der Waals surface area contributed by atoms with E-state index < -0.39 is 5.97 Å². The minimum Gasteiger partial charge on any atom is -0.486 e. The number of esters is 1. The summed E-state index contributed by atoms with van der Waals surface area (Å²) in [6, 6.07) is 0.457. The molecule has 1 aliphatic rings. The van der Waals surface area contributed by atoms with Crippen molar-refractivity contribution in [3.8, 4) is 5.75 Å². The summed E-state index contributed by atoms with van der Waals surface area (Å²) in [7, 11) is 1.35. The van der Waals surface area contributed by atoms with E-state index >= 15 is 0 Å². The summed E-state index contributed by atoms with van der Waals surface area (Å²) in [5, 5.41) is 4.27. The van der Waals surface area contributed by atoms with Crippen molar-refractivity contribution >= 4 is 28.0 Å². The van der Waals surface area contributed by atoms with E-state index in [2.05, 4.69) is 12.2 Å². The lowest BCUT2D eigenvalue weighted by molar-refractivity contribution is 0.0607. The van der Waals surface area contributed by atoms with Crippen LogP contribution in [0.15, 0.2) is 0 Å². The quantitative estimate of drug-likeness (QED) is 0.789. The summed E-state index contributed by atoms with van der Waals surface area (Å²) in [5.41, 5.74) is 6.40. The molecule has 5 nitrogen and oxygen atoms in total. The smallest absolute Gasteiger partial charge is 0.350 e. The summed E-state index contributed by atoms with van der Waals surface area (Å²) in [4.78, 5) is 12.1. The maximum Gasteiger partial charge on any atom is 0.350 e. The second-order valence-corrected chi connectivity index (χ2v) is 6.34. The highest BCUT2D eigenvalue weighted by Gasteiger charge is 2.37. The van der Waals surface area contributed by atoms with Crippen molar-refractivity contribution in [1.82, 2.24) is 0 Å². The van der Waals surface area contributed by atoms with Gasteiger partial charge in [0.1, 0.15) is 15.6 Å². The third kappa shape index (κ3) is 3.00. The Labute approximate surface area is 123 Å². The molecule has 6 heteroatoms. The first kappa shape index (κ1) is 15.0. The van der Waals surface area contributed by atoms with Crippen LogP contribution in [0.4, 0.5) is 10.7 Å². The minimum atomic E-state index is -0.419. The molecule has 0 radical (unpaired) electrons. The van der Waals surface area contributed by atoms with Crippen LogP contribution in [0.25, 0.3) is 0 Å². The molecule has 1 aliphatic carbocycles. The Morgan fingerprint density at radius 1 is 1.55 bits per heavy atom. The summed E-state index contributed by atoms with van der Waals surface area (Å²) < 4.78 is 10.5. The molecular formula is C14H22N2O3S. The molecule has 0 spiro atoms. The van der Waals surface area contributed by atoms with Crippen LogP contribution in [0, 0.1) is 5.92 Å². The van der Waals surface area contributed by atoms with Crippen LogP contribution >= 0.6 is 11.3 Å². The number of rotatable bonds is 6. The largest absolute Gasteiger partial charge is 0.486 e. The van der Waals surface area contributed by atoms with Gasteiger partial charge in [0, 0.05) is 6.04 Å². The third-order valence-corrected chi connectivity index (χ3v) is 4.49. The fraction of sp³-hybridized carbons (Fsp3) is 0.643. The van der Waals surface area contributed by atoms with Gasteiger partial charge in [-0.25, -0.2) is 4.79 Å². The highest BCUT2D eigenvalue weighted by atomic mass is 32.1. The molecule has 2 atom stereocenters. The van der Waals surface area contributed by atoms with E-state index in [4.69, 9.17) is 15.2 Å². The molecule has 1 saturated carbocycles. The maximum absolute atomic E-state index is 11.7. The van der Waals surface area contributed by atoms with Gasteiger partial charge in [-0.2, -0.15) is 0 Å². The lowest BCUT2D eigenvalue weighted by Crippen LogP contribution is -2.10. The number of nitrogens with two attached hydrogens (primary N) is 1. The number of nitrogens with one attached hydrogen (secondary N) is 1. The molecule has 0 bridgehead atoms. The van der Waals surface area contributed by atoms with Gasteiger partial charge < -0.3 is 20.5 Å². The molecular weight excluding hydrogens is 276 g/mol. The van der Waals surface area contributed by atoms with E-state index in [1.807, 2.05) is 13.8 Å². The first-order valence-corrected chi connectivity index (χ1v) is 7.73. The highest BCUT2D eigenvalue weighted by molar-refractivity contribution is 7.19. The van der Waals surface area contributed by atoms with E-state index in [1.54, 1.807) is 0 Å². The number of nitrogen functional groups attached to an aromatic ring is 1. The molecule has 0 aliphatic heterocycles. The number of thiophene rings is 1. The van der Waals surface area contributed by atoms with Crippen molar-refractivity contribution < 1.29 is 14.3 Å². The first-order chi connectivity index (χ1) is 9.47. The normalized spacial score (nSPS) is 20.9. The van der Waals surface area contributed by atoms with E-state index in [-0.39, 0.29) is 6.10 Å². The Bertz CT molecular complexity index is 499. The van der Waals surface area contributed by atoms with Crippen molar-refractivity contribution in [2.45, 2.75) is 45.8 Å². The Balaban J connectivity index is 2.25. The van der Waals surface area contributed by atoms with Crippen molar-refractivity contribution in [1.29, 1.82) is 0 Å². The first-order valence-electron chi connectivity index (χ1n) is 6.91. The fourth-order valence-electron chi connectivity index (χ4n) is 2.16. The zero-order valence-electron chi connectivity index (χ0n) is 12.4. The molecule has 112 valence electrons. The molecule has 0 aromatic carbocycles. The van der Waals surface area contributed by atoms with Crippen LogP contribution in [0.1, 0.15) is 43.3 Å². The Morgan fingerprint density at radius 3 is 2.75 bits per heavy atom. The van der Waals surface area contributed by atoms with Crippen molar-refractivity contribution in [2.24, 2.45) is 5.92 Å². The molecule has 0 saturated heterocycles. The number of hydrogen-bond donors (Lipinski definition) is 2. The second kappa shape index (κ2) is 5.91. The van der Waals surface area contributed by atoms with E-state index in [0.717, 1.165) is 17.8 Å². The second-order valence-electron chi connectivity index (χ2n) is 5.32. The standard InChI is InChI=1S/C14H22N2O3S/c1-5-8-6-9(8)16-13-11(19-7(2)3)10(15)12(20-13)14(17)18-4/h7-9,16H,5-6,15H2,1-4H3. The molecule has 1 heterocycles. The molecule has 2 unspecified atom stereocenters. The van der Waals surface area contributed by atoms with Gasteiger partial charge in [0.05, 0.1) is 13.2 Å². The van der Waals surface area contributed by atoms with Crippen LogP contribution in [0.2, 0.25) is 0 Å². The van der Waals surface area contributed by atoms with Crippen LogP contribution in [0.3, 0.4) is 0 Å². The topological polar surface area (TPSA) is 73.6 Å². The van der Waals surface area contributed by atoms with Gasteiger partial charge in [0.25, 0.3) is 0 Å². The van der Waals surface area contributed by atoms with Crippen LogP contribution in [-0.2, 0) is 4.74 Å². The summed E-state index contributed by atoms with van der Waals surface area (Å²) in [6.07, 6.45) is 2.31. The number of carbonyl (C=O) groups is 1. The van der Waals surface area contributed by atoms with Gasteiger partial charge in [-0.3, -0.25) is 0 Å². The fourth-order valence-corrected chi connectivity index (χ4v) is 3.20. The van der Waals surface area contributed by atoms with Gasteiger partial charge in [-0.05, 0) is 26.2 Å². The average molecular weight is 298 g/mol. The highest BCUT2D eigenvalue weighted by Crippen LogP contribution is 2.47. The Kier molecular flexibility index (Phi) is 4.42. The number of carbonyl (C=O) groups excluding carboxylic acids is 1. The molecule has 1 aromatic rings. The predicted octanol–water partition coefficient (Wildman–Crippen LogP) is 3.11. The van der Waals surface area contributed by atoms with Gasteiger partial charge in [-0.15, -0.1) is 11.3 Å². The number of ether oxygens (including phenoxy) is 2. The van der Waals surface area contributed by atoms with Gasteiger partial charge in [-0.1, -0.05) is 13.3 Å². The number of hydrogen-bond acceptors (Lipinski definition) is 6. The zero-order valence-corrected chi connectivity index (χ0v) is 13.2. The Hall–Kier alpha value is -1.43. The summed E-state index contributed by atoms with van der Waals surface area (Å²) >= 11 is 1.31. The lowest BCUT2D eigenvalue weighted by atomic mass is 10.3. The van der Waals surface area contributed by atoms with Crippen molar-refractivity contribution in [3.05, 3.63) is 4.88 Å². The maximum atomic E-state index is 11.7. The molecule has 1 fully saturated rings. The molecule has 2 rings (SSSR count). The monoisotopic (exact) mass is 298 g/mol. The summed E-state index contributed by atoms with van der Waals surface area (Å²) in [5.74, 6) is 0.857. The third-order valence-electron chi connectivity index (χ3n) is 3.39. The zero-order chi connectivity index (χ0) is 14.9. The number of anilines is 2. The van der Waals surface area contributed by atoms with E-state index in [9.17, 15) is 4.79 Å². The molecule has 1 aromatic heterocycles. The average Bonchev–Trinajstić information content (AvgIpc) is 3.10. The van der Waals surface area contributed by atoms with Crippen molar-refractivity contribution in [3.63, 3.8) is 0 Å². The lowest BCUT2D eigenvalue weighted by Gasteiger charge is -2.12. The van der Waals surface area contributed by atoms with Gasteiger partial charge in [0.2, 0.25) is 0 Å². The minimum absolute atomic E-state index is 0.000813. The molecule has 0 amide bonds. The van der Waals surface area contributed by atoms with Gasteiger partial charge >= 0.3 is 5.97 Å². The predicted molar refractivity (Wildman–Crippen MR) is 81.6 cm³/mol. The van der Waals surface area contributed by atoms with Crippen LogP contribution in [-0.4, -0.2) is 25.2 Å². The van der Waals surface area contributed by atoms with Gasteiger partial charge in [0.15, 0.2) is 5.75 Å². The molecule has 3 N–H and O–H groups in total. The van der Waals surface area contributed by atoms with E-state index in [1.165, 1.54) is 18.4 Å². The number of methoxy groups -OCH3 is 1. The SMILES string of the molecule is CCC1CC1Nc1sc(C(=O)OC)c(N)c1OC(C)C. The Morgan fingerprint density at radius 2 is 2.25 bits per heavy atom.